The van der Waals surface area contributed by atoms with Crippen molar-refractivity contribution in [2.75, 3.05) is 18.4 Å². The maximum Gasteiger partial charge on any atom is 0.410 e. The van der Waals surface area contributed by atoms with Crippen LogP contribution in [0.15, 0.2) is 25.0 Å². The number of hydrogen-bond donors (Lipinski definition) is 1. The number of likely N-dealkylation sites (tertiary alicyclic amines) is 1. The summed E-state index contributed by atoms with van der Waals surface area (Å²) in [7, 11) is 0. The minimum atomic E-state index is -0.482. The third-order valence-electron chi connectivity index (χ3n) is 4.01. The number of amides is 1. The molecule has 0 aliphatic carbocycles. The fraction of sp³-hybridized carbons (Fsp3) is 0.529. The minimum Gasteiger partial charge on any atom is -0.444 e. The van der Waals surface area contributed by atoms with Crippen LogP contribution in [0.3, 0.4) is 0 Å². The molecule has 1 saturated heterocycles. The summed E-state index contributed by atoms with van der Waals surface area (Å²) < 4.78 is 7.16. The fourth-order valence-corrected chi connectivity index (χ4v) is 3.00. The largest absolute Gasteiger partial charge is 0.444 e. The van der Waals surface area contributed by atoms with Gasteiger partial charge in [0.15, 0.2) is 11.6 Å². The van der Waals surface area contributed by atoms with Gasteiger partial charge in [-0.2, -0.15) is 0 Å². The molecular weight excluding hydrogens is 356 g/mol. The van der Waals surface area contributed by atoms with E-state index in [1.165, 1.54) is 6.33 Å². The molecule has 26 heavy (non-hydrogen) atoms. The Labute approximate surface area is 157 Å². The highest BCUT2D eigenvalue weighted by Gasteiger charge is 2.27. The summed E-state index contributed by atoms with van der Waals surface area (Å²) in [4.78, 5) is 26.4. The molecule has 3 rings (SSSR count). The standard InChI is InChI=1S/C17H23ClN6O2/c1-17(2,3)26-16(25)23-7-4-12(5-8-23)22-14-13(18)15(21-10-20-14)24-9-6-19-11-24/h6,9-12H,4-5,7-8H2,1-3H3,(H,20,21,22). The molecule has 3 heterocycles. The molecule has 0 atom stereocenters. The number of ether oxygens (including phenoxy) is 1. The monoisotopic (exact) mass is 378 g/mol. The average Bonchev–Trinajstić information content (AvgIpc) is 3.10. The lowest BCUT2D eigenvalue weighted by Gasteiger charge is -2.34. The van der Waals surface area contributed by atoms with E-state index in [0.29, 0.717) is 29.7 Å². The van der Waals surface area contributed by atoms with Gasteiger partial charge >= 0.3 is 6.09 Å². The number of imidazole rings is 1. The predicted molar refractivity (Wildman–Crippen MR) is 98.6 cm³/mol. The number of anilines is 1. The predicted octanol–water partition coefficient (Wildman–Crippen LogP) is 3.13. The highest BCUT2D eigenvalue weighted by molar-refractivity contribution is 6.34. The number of nitrogens with one attached hydrogen (secondary N) is 1. The quantitative estimate of drug-likeness (QED) is 0.883. The van der Waals surface area contributed by atoms with Gasteiger partial charge in [-0.05, 0) is 33.6 Å². The van der Waals surface area contributed by atoms with Crippen LogP contribution in [-0.2, 0) is 4.74 Å². The van der Waals surface area contributed by atoms with Crippen LogP contribution in [0.4, 0.5) is 10.6 Å². The zero-order chi connectivity index (χ0) is 18.7. The van der Waals surface area contributed by atoms with E-state index in [-0.39, 0.29) is 12.1 Å². The summed E-state index contributed by atoms with van der Waals surface area (Å²) in [5.41, 5.74) is -0.482. The van der Waals surface area contributed by atoms with Crippen LogP contribution in [0.25, 0.3) is 5.82 Å². The molecule has 2 aromatic heterocycles. The van der Waals surface area contributed by atoms with Gasteiger partial charge in [0.25, 0.3) is 0 Å². The zero-order valence-corrected chi connectivity index (χ0v) is 15.9. The summed E-state index contributed by atoms with van der Waals surface area (Å²) in [6.07, 6.45) is 7.87. The zero-order valence-electron chi connectivity index (χ0n) is 15.1. The maximum absolute atomic E-state index is 12.1. The van der Waals surface area contributed by atoms with Crippen LogP contribution in [0.1, 0.15) is 33.6 Å². The highest BCUT2D eigenvalue weighted by atomic mass is 35.5. The SMILES string of the molecule is CC(C)(C)OC(=O)N1CCC(Nc2ncnc(-n3ccnc3)c2Cl)CC1. The van der Waals surface area contributed by atoms with Gasteiger partial charge < -0.3 is 15.0 Å². The molecule has 1 N–H and O–H groups in total. The van der Waals surface area contributed by atoms with Gasteiger partial charge in [-0.15, -0.1) is 0 Å². The Hall–Kier alpha value is -2.35. The van der Waals surface area contributed by atoms with E-state index < -0.39 is 5.60 Å². The Morgan fingerprint density at radius 3 is 2.65 bits per heavy atom. The van der Waals surface area contributed by atoms with E-state index in [2.05, 4.69) is 20.3 Å². The van der Waals surface area contributed by atoms with Crippen LogP contribution in [-0.4, -0.2) is 55.2 Å². The summed E-state index contributed by atoms with van der Waals surface area (Å²) in [6.45, 7) is 6.86. The van der Waals surface area contributed by atoms with E-state index in [4.69, 9.17) is 16.3 Å². The third-order valence-corrected chi connectivity index (χ3v) is 4.36. The van der Waals surface area contributed by atoms with Crippen molar-refractivity contribution < 1.29 is 9.53 Å². The van der Waals surface area contributed by atoms with Crippen molar-refractivity contribution in [1.29, 1.82) is 0 Å². The van der Waals surface area contributed by atoms with Crippen molar-refractivity contribution in [3.8, 4) is 5.82 Å². The molecule has 140 valence electrons. The Morgan fingerprint density at radius 2 is 2.04 bits per heavy atom. The maximum atomic E-state index is 12.1. The molecule has 0 radical (unpaired) electrons. The number of carbonyl (C=O) groups is 1. The Morgan fingerprint density at radius 1 is 1.31 bits per heavy atom. The molecule has 8 nitrogen and oxygen atoms in total. The van der Waals surface area contributed by atoms with Gasteiger partial charge in [0, 0.05) is 31.5 Å². The number of nitrogens with zero attached hydrogens (tertiary/aromatic N) is 5. The number of rotatable bonds is 3. The second kappa shape index (κ2) is 7.49. The van der Waals surface area contributed by atoms with E-state index >= 15 is 0 Å². The molecule has 0 bridgehead atoms. The first kappa shape index (κ1) is 18.4. The van der Waals surface area contributed by atoms with Crippen LogP contribution in [0.2, 0.25) is 5.02 Å². The van der Waals surface area contributed by atoms with Gasteiger partial charge in [-0.3, -0.25) is 4.57 Å². The van der Waals surface area contributed by atoms with Crippen molar-refractivity contribution in [1.82, 2.24) is 24.4 Å². The molecule has 2 aromatic rings. The summed E-state index contributed by atoms with van der Waals surface area (Å²) in [5, 5.41) is 3.81. The average molecular weight is 379 g/mol. The molecule has 0 saturated carbocycles. The second-order valence-electron chi connectivity index (χ2n) is 7.22. The van der Waals surface area contributed by atoms with Gasteiger partial charge in [-0.25, -0.2) is 19.7 Å². The van der Waals surface area contributed by atoms with Crippen molar-refractivity contribution in [2.45, 2.75) is 45.3 Å². The normalized spacial score (nSPS) is 15.8. The highest BCUT2D eigenvalue weighted by Crippen LogP contribution is 2.27. The van der Waals surface area contributed by atoms with Crippen LogP contribution in [0, 0.1) is 0 Å². The number of hydrogen-bond acceptors (Lipinski definition) is 6. The topological polar surface area (TPSA) is 85.2 Å². The van der Waals surface area contributed by atoms with Gasteiger partial charge in [0.1, 0.15) is 23.3 Å². The summed E-state index contributed by atoms with van der Waals surface area (Å²) in [6, 6.07) is 0.178. The Kier molecular flexibility index (Phi) is 5.31. The minimum absolute atomic E-state index is 0.178. The van der Waals surface area contributed by atoms with E-state index in [1.807, 2.05) is 20.8 Å². The van der Waals surface area contributed by atoms with Crippen LogP contribution in [0.5, 0.6) is 0 Å². The van der Waals surface area contributed by atoms with Crippen molar-refractivity contribution in [3.05, 3.63) is 30.1 Å². The summed E-state index contributed by atoms with van der Waals surface area (Å²) in [5.74, 6) is 1.16. The fourth-order valence-electron chi connectivity index (χ4n) is 2.75. The van der Waals surface area contributed by atoms with E-state index in [0.717, 1.165) is 12.8 Å². The molecule has 1 amide bonds. The first-order chi connectivity index (χ1) is 12.3. The van der Waals surface area contributed by atoms with Crippen molar-refractivity contribution in [3.63, 3.8) is 0 Å². The van der Waals surface area contributed by atoms with Crippen molar-refractivity contribution >= 4 is 23.5 Å². The lowest BCUT2D eigenvalue weighted by atomic mass is 10.1. The first-order valence-electron chi connectivity index (χ1n) is 8.57. The smallest absolute Gasteiger partial charge is 0.410 e. The lowest BCUT2D eigenvalue weighted by Crippen LogP contribution is -2.44. The molecule has 0 unspecified atom stereocenters. The van der Waals surface area contributed by atoms with Gasteiger partial charge in [0.05, 0.1) is 0 Å². The first-order valence-corrected chi connectivity index (χ1v) is 8.94. The van der Waals surface area contributed by atoms with Crippen LogP contribution < -0.4 is 5.32 Å². The van der Waals surface area contributed by atoms with Gasteiger partial charge in [0.2, 0.25) is 0 Å². The number of carbonyl (C=O) groups excluding carboxylic acids is 1. The number of halogens is 1. The molecule has 0 spiro atoms. The molecule has 1 aliphatic heterocycles. The molecule has 0 aromatic carbocycles. The third kappa shape index (κ3) is 4.43. The number of aromatic nitrogens is 4. The van der Waals surface area contributed by atoms with Gasteiger partial charge in [-0.1, -0.05) is 11.6 Å². The molecule has 1 fully saturated rings. The number of piperidine rings is 1. The van der Waals surface area contributed by atoms with E-state index in [1.54, 1.807) is 28.2 Å². The summed E-state index contributed by atoms with van der Waals surface area (Å²) >= 11 is 6.45. The van der Waals surface area contributed by atoms with Crippen molar-refractivity contribution in [2.24, 2.45) is 0 Å². The second-order valence-corrected chi connectivity index (χ2v) is 7.59. The van der Waals surface area contributed by atoms with Crippen LogP contribution >= 0.6 is 11.6 Å². The molecular formula is C17H23ClN6O2. The lowest BCUT2D eigenvalue weighted by molar-refractivity contribution is 0.0210. The Bertz CT molecular complexity index is 751. The molecule has 9 heteroatoms. The van der Waals surface area contributed by atoms with E-state index in [9.17, 15) is 4.79 Å². The Balaban J connectivity index is 1.60. The molecule has 1 aliphatic rings.